The third-order valence-electron chi connectivity index (χ3n) is 3.57. The summed E-state index contributed by atoms with van der Waals surface area (Å²) in [6, 6.07) is 14.6. The van der Waals surface area contributed by atoms with E-state index in [0.717, 1.165) is 17.1 Å². The van der Waals surface area contributed by atoms with E-state index in [9.17, 15) is 4.79 Å². The van der Waals surface area contributed by atoms with Crippen LogP contribution in [0.25, 0.3) is 0 Å². The zero-order valence-electron chi connectivity index (χ0n) is 14.3. The lowest BCUT2D eigenvalue weighted by Gasteiger charge is -2.12. The summed E-state index contributed by atoms with van der Waals surface area (Å²) in [5.41, 5.74) is 0.870. The van der Waals surface area contributed by atoms with E-state index in [1.165, 1.54) is 7.11 Å². The van der Waals surface area contributed by atoms with Crippen molar-refractivity contribution in [2.75, 3.05) is 27.4 Å². The second-order valence-corrected chi connectivity index (χ2v) is 5.29. The predicted molar refractivity (Wildman–Crippen MR) is 92.6 cm³/mol. The number of ether oxygens (including phenoxy) is 4. The van der Waals surface area contributed by atoms with Crippen molar-refractivity contribution in [1.29, 1.82) is 0 Å². The highest BCUT2D eigenvalue weighted by Crippen LogP contribution is 2.19. The van der Waals surface area contributed by atoms with E-state index in [-0.39, 0.29) is 0 Å². The number of carbonyl (C=O) groups is 1. The fourth-order valence-corrected chi connectivity index (χ4v) is 2.22. The summed E-state index contributed by atoms with van der Waals surface area (Å²) < 4.78 is 21.3. The Labute approximate surface area is 146 Å². The molecule has 6 nitrogen and oxygen atoms in total. The van der Waals surface area contributed by atoms with Gasteiger partial charge in [0.2, 0.25) is 0 Å². The summed E-state index contributed by atoms with van der Waals surface area (Å²) >= 11 is 0. The van der Waals surface area contributed by atoms with Crippen LogP contribution in [0, 0.1) is 0 Å². The van der Waals surface area contributed by atoms with Crippen molar-refractivity contribution >= 4 is 5.97 Å². The molecule has 0 saturated heterocycles. The van der Waals surface area contributed by atoms with Gasteiger partial charge in [-0.15, -0.1) is 0 Å². The standard InChI is InChI=1S/C19H22O6/c1-22-16-4-3-5-17(13-16)25-11-10-24-15-8-6-14(7-9-15)12-18(23-2)19(20)21/h3-9,13,18H,10-12H2,1-2H3,(H,20,21)/t18-/m0/s1. The van der Waals surface area contributed by atoms with Gasteiger partial charge in [0.05, 0.1) is 7.11 Å². The van der Waals surface area contributed by atoms with Gasteiger partial charge in [0.25, 0.3) is 0 Å². The Bertz CT molecular complexity index is 668. The first-order chi connectivity index (χ1) is 12.1. The molecule has 0 bridgehead atoms. The Morgan fingerprint density at radius 2 is 1.60 bits per heavy atom. The molecule has 1 atom stereocenters. The molecule has 0 aliphatic rings. The van der Waals surface area contributed by atoms with Crippen LogP contribution in [0.3, 0.4) is 0 Å². The third kappa shape index (κ3) is 6.00. The van der Waals surface area contributed by atoms with Crippen LogP contribution in [0.1, 0.15) is 5.56 Å². The van der Waals surface area contributed by atoms with Crippen molar-refractivity contribution in [2.24, 2.45) is 0 Å². The van der Waals surface area contributed by atoms with Crippen LogP contribution >= 0.6 is 0 Å². The SMILES string of the molecule is COc1cccc(OCCOc2ccc(C[C@H](OC)C(=O)O)cc2)c1. The van der Waals surface area contributed by atoms with E-state index in [1.807, 2.05) is 36.4 Å². The molecular formula is C19H22O6. The van der Waals surface area contributed by atoms with Crippen molar-refractivity contribution in [3.63, 3.8) is 0 Å². The molecule has 134 valence electrons. The highest BCUT2D eigenvalue weighted by Gasteiger charge is 2.16. The molecule has 1 N–H and O–H groups in total. The van der Waals surface area contributed by atoms with E-state index in [0.29, 0.717) is 25.4 Å². The van der Waals surface area contributed by atoms with Gasteiger partial charge in [0.1, 0.15) is 30.5 Å². The van der Waals surface area contributed by atoms with Crippen LogP contribution in [0.15, 0.2) is 48.5 Å². The molecule has 0 saturated carbocycles. The molecule has 0 aliphatic carbocycles. The molecule has 2 aromatic carbocycles. The number of benzene rings is 2. The van der Waals surface area contributed by atoms with Gasteiger partial charge < -0.3 is 24.1 Å². The van der Waals surface area contributed by atoms with E-state index in [1.54, 1.807) is 19.2 Å². The van der Waals surface area contributed by atoms with E-state index >= 15 is 0 Å². The second kappa shape index (κ2) is 9.54. The maximum atomic E-state index is 11.0. The summed E-state index contributed by atoms with van der Waals surface area (Å²) in [4.78, 5) is 11.0. The lowest BCUT2D eigenvalue weighted by atomic mass is 10.1. The van der Waals surface area contributed by atoms with Gasteiger partial charge in [-0.2, -0.15) is 0 Å². The number of aliphatic carboxylic acids is 1. The monoisotopic (exact) mass is 346 g/mol. The van der Waals surface area contributed by atoms with Gasteiger partial charge in [-0.25, -0.2) is 4.79 Å². The van der Waals surface area contributed by atoms with Crippen molar-refractivity contribution < 1.29 is 28.8 Å². The zero-order chi connectivity index (χ0) is 18.1. The maximum absolute atomic E-state index is 11.0. The summed E-state index contributed by atoms with van der Waals surface area (Å²) in [7, 11) is 3.00. The number of rotatable bonds is 10. The average molecular weight is 346 g/mol. The molecule has 0 fully saturated rings. The first-order valence-corrected chi connectivity index (χ1v) is 7.86. The lowest BCUT2D eigenvalue weighted by molar-refractivity contribution is -0.148. The minimum Gasteiger partial charge on any atom is -0.497 e. The number of carboxylic acids is 1. The summed E-state index contributed by atoms with van der Waals surface area (Å²) in [6.45, 7) is 0.798. The molecule has 2 rings (SSSR count). The van der Waals surface area contributed by atoms with Crippen LogP contribution in [0.4, 0.5) is 0 Å². The zero-order valence-corrected chi connectivity index (χ0v) is 14.3. The molecule has 0 heterocycles. The predicted octanol–water partition coefficient (Wildman–Crippen LogP) is 2.80. The topological polar surface area (TPSA) is 74.2 Å². The van der Waals surface area contributed by atoms with Crippen LogP contribution < -0.4 is 14.2 Å². The number of hydrogen-bond acceptors (Lipinski definition) is 5. The summed E-state index contributed by atoms with van der Waals surface area (Å²) in [5, 5.41) is 8.99. The van der Waals surface area contributed by atoms with Crippen molar-refractivity contribution in [3.8, 4) is 17.2 Å². The Kier molecular flexibility index (Phi) is 7.10. The number of methoxy groups -OCH3 is 2. The first kappa shape index (κ1) is 18.6. The molecule has 0 radical (unpaired) electrons. The number of carboxylic acid groups (broad SMARTS) is 1. The Morgan fingerprint density at radius 3 is 2.20 bits per heavy atom. The first-order valence-electron chi connectivity index (χ1n) is 7.86. The minimum absolute atomic E-state index is 0.311. The van der Waals surface area contributed by atoms with Gasteiger partial charge in [0, 0.05) is 19.6 Å². The van der Waals surface area contributed by atoms with Crippen molar-refractivity contribution in [3.05, 3.63) is 54.1 Å². The van der Waals surface area contributed by atoms with Crippen molar-refractivity contribution in [2.45, 2.75) is 12.5 Å². The van der Waals surface area contributed by atoms with Gasteiger partial charge in [-0.1, -0.05) is 18.2 Å². The number of hydrogen-bond donors (Lipinski definition) is 1. The molecule has 0 aliphatic heterocycles. The van der Waals surface area contributed by atoms with Gasteiger partial charge >= 0.3 is 5.97 Å². The van der Waals surface area contributed by atoms with Crippen LogP contribution in [-0.2, 0) is 16.0 Å². The Hall–Kier alpha value is -2.73. The Morgan fingerprint density at radius 1 is 0.960 bits per heavy atom. The third-order valence-corrected chi connectivity index (χ3v) is 3.57. The van der Waals surface area contributed by atoms with Crippen molar-refractivity contribution in [1.82, 2.24) is 0 Å². The fourth-order valence-electron chi connectivity index (χ4n) is 2.22. The average Bonchev–Trinajstić information content (AvgIpc) is 2.64. The van der Waals surface area contributed by atoms with E-state index in [4.69, 9.17) is 24.1 Å². The molecule has 25 heavy (non-hydrogen) atoms. The summed E-state index contributed by atoms with van der Waals surface area (Å²) in [6.07, 6.45) is -0.534. The maximum Gasteiger partial charge on any atom is 0.333 e. The molecule has 6 heteroatoms. The molecule has 0 aromatic heterocycles. The van der Waals surface area contributed by atoms with Crippen LogP contribution in [0.2, 0.25) is 0 Å². The van der Waals surface area contributed by atoms with Gasteiger partial charge in [-0.05, 0) is 29.8 Å². The largest absolute Gasteiger partial charge is 0.497 e. The smallest absolute Gasteiger partial charge is 0.333 e. The van der Waals surface area contributed by atoms with Gasteiger partial charge in [0.15, 0.2) is 6.10 Å². The normalized spacial score (nSPS) is 11.6. The molecular weight excluding hydrogens is 324 g/mol. The Balaban J connectivity index is 1.76. The fraction of sp³-hybridized carbons (Fsp3) is 0.316. The molecule has 0 spiro atoms. The van der Waals surface area contributed by atoms with E-state index in [2.05, 4.69) is 0 Å². The highest BCUT2D eigenvalue weighted by molar-refractivity contribution is 5.72. The summed E-state index contributed by atoms with van der Waals surface area (Å²) in [5.74, 6) is 1.18. The molecule has 0 amide bonds. The van der Waals surface area contributed by atoms with E-state index < -0.39 is 12.1 Å². The second-order valence-electron chi connectivity index (χ2n) is 5.29. The minimum atomic E-state index is -0.975. The lowest BCUT2D eigenvalue weighted by Crippen LogP contribution is -2.24. The van der Waals surface area contributed by atoms with Crippen LogP contribution in [0.5, 0.6) is 17.2 Å². The molecule has 2 aromatic rings. The quantitative estimate of drug-likeness (QED) is 0.667. The van der Waals surface area contributed by atoms with Crippen LogP contribution in [-0.4, -0.2) is 44.6 Å². The van der Waals surface area contributed by atoms with Gasteiger partial charge in [-0.3, -0.25) is 0 Å². The highest BCUT2D eigenvalue weighted by atomic mass is 16.5. The molecule has 0 unspecified atom stereocenters.